The topological polar surface area (TPSA) is 36.9 Å². The van der Waals surface area contributed by atoms with E-state index in [4.69, 9.17) is 18.9 Å². The minimum atomic E-state index is -0.524. The maximum Gasteiger partial charge on any atom is 0.175 e. The molecule has 6 aromatic carbocycles. The van der Waals surface area contributed by atoms with Crippen LogP contribution in [0.25, 0.3) is 33.4 Å². The van der Waals surface area contributed by atoms with Crippen LogP contribution in [0.2, 0.25) is 0 Å². The fourth-order valence-electron chi connectivity index (χ4n) is 6.69. The second-order valence-electron chi connectivity index (χ2n) is 18.4. The normalized spacial score (nSPS) is 12.8. The third-order valence-electron chi connectivity index (χ3n) is 8.55. The van der Waals surface area contributed by atoms with Crippen LogP contribution >= 0.6 is 0 Å². The van der Waals surface area contributed by atoms with Gasteiger partial charge in [0, 0.05) is 17.2 Å². The lowest BCUT2D eigenvalue weighted by molar-refractivity contribution is 0.130. The molecule has 0 aliphatic rings. The molecule has 0 amide bonds. The molecule has 0 heterocycles. The van der Waals surface area contributed by atoms with Crippen LogP contribution in [0, 0.1) is 0 Å². The van der Waals surface area contributed by atoms with E-state index in [2.05, 4.69) is 223 Å². The third-order valence-corrected chi connectivity index (χ3v) is 10.8. The van der Waals surface area contributed by atoms with Crippen LogP contribution in [0.4, 0.5) is 0 Å². The summed E-state index contributed by atoms with van der Waals surface area (Å²) in [5.41, 5.74) is 5.43. The molecule has 0 saturated carbocycles. The quantitative estimate of drug-likeness (QED) is 0.130. The van der Waals surface area contributed by atoms with Crippen LogP contribution in [-0.4, -0.2) is 22.4 Å². The Labute approximate surface area is 344 Å². The van der Waals surface area contributed by atoms with Crippen LogP contribution in [-0.2, 0) is 10.9 Å². The van der Waals surface area contributed by atoms with E-state index >= 15 is 0 Å². The van der Waals surface area contributed by atoms with E-state index in [-0.39, 0.29) is 22.4 Å². The van der Waals surface area contributed by atoms with Gasteiger partial charge in [-0.15, -0.1) is 0 Å². The standard InChI is InChI=1S/C52H59O4S/c1-49(2,3)53-39-27-21-36(22-28-39)45-33-34-46(57(43-18-14-13-15-19-43)44-20-16-17-42(35-44)56-52(10,11)12)48(38-25-31-41(32-26-38)55-51(7,8)9)47(45)37-23-29-40(30-24-37)54-50(4,5)6/h13-35H,1-12H3/q+1. The predicted molar refractivity (Wildman–Crippen MR) is 239 cm³/mol. The van der Waals surface area contributed by atoms with Crippen molar-refractivity contribution in [2.45, 2.75) is 120 Å². The summed E-state index contributed by atoms with van der Waals surface area (Å²) < 4.78 is 25.4. The molecule has 57 heavy (non-hydrogen) atoms. The Morgan fingerprint density at radius 2 is 0.737 bits per heavy atom. The maximum absolute atomic E-state index is 6.46. The largest absolute Gasteiger partial charge is 0.488 e. The second kappa shape index (κ2) is 16.4. The summed E-state index contributed by atoms with van der Waals surface area (Å²) >= 11 is 0. The first kappa shape index (κ1) is 41.5. The predicted octanol–water partition coefficient (Wildman–Crippen LogP) is 14.5. The molecule has 0 spiro atoms. The number of ether oxygens (including phenoxy) is 4. The molecule has 6 aromatic rings. The number of hydrogen-bond acceptors (Lipinski definition) is 4. The van der Waals surface area contributed by atoms with Gasteiger partial charge in [-0.1, -0.05) is 60.7 Å². The molecular formula is C52H59O4S+. The molecule has 0 radical (unpaired) electrons. The van der Waals surface area contributed by atoms with Crippen molar-refractivity contribution in [1.82, 2.24) is 0 Å². The van der Waals surface area contributed by atoms with Crippen molar-refractivity contribution in [1.29, 1.82) is 0 Å². The minimum Gasteiger partial charge on any atom is -0.488 e. The second-order valence-corrected chi connectivity index (χ2v) is 20.4. The lowest BCUT2D eigenvalue weighted by Gasteiger charge is -2.24. The molecule has 0 saturated heterocycles. The first-order chi connectivity index (χ1) is 26.7. The Morgan fingerprint density at radius 1 is 0.333 bits per heavy atom. The van der Waals surface area contributed by atoms with Crippen LogP contribution in [0.15, 0.2) is 154 Å². The third kappa shape index (κ3) is 11.3. The van der Waals surface area contributed by atoms with Crippen molar-refractivity contribution in [3.8, 4) is 56.4 Å². The van der Waals surface area contributed by atoms with Crippen molar-refractivity contribution in [3.63, 3.8) is 0 Å². The Balaban J connectivity index is 1.67. The van der Waals surface area contributed by atoms with E-state index in [0.29, 0.717) is 0 Å². The van der Waals surface area contributed by atoms with E-state index < -0.39 is 10.9 Å². The van der Waals surface area contributed by atoms with Gasteiger partial charge in [-0.2, -0.15) is 0 Å². The van der Waals surface area contributed by atoms with E-state index in [0.717, 1.165) is 56.4 Å². The molecule has 0 aliphatic heterocycles. The summed E-state index contributed by atoms with van der Waals surface area (Å²) in [6.07, 6.45) is 0. The molecule has 1 atom stereocenters. The number of rotatable bonds is 10. The summed E-state index contributed by atoms with van der Waals surface area (Å²) in [6.45, 7) is 25.0. The van der Waals surface area contributed by atoms with Crippen molar-refractivity contribution >= 4 is 10.9 Å². The first-order valence-electron chi connectivity index (χ1n) is 19.9. The van der Waals surface area contributed by atoms with Gasteiger partial charge in [0.15, 0.2) is 14.7 Å². The SMILES string of the molecule is CC(C)(C)Oc1ccc(-c2ccc([S+](c3ccccc3)c3cccc(OC(C)(C)C)c3)c(-c3ccc(OC(C)(C)C)cc3)c2-c2ccc(OC(C)(C)C)cc2)cc1. The minimum absolute atomic E-state index is 0.302. The molecule has 5 heteroatoms. The fourth-order valence-corrected chi connectivity index (χ4v) is 8.97. The summed E-state index contributed by atoms with van der Waals surface area (Å²) in [4.78, 5) is 3.60. The highest BCUT2D eigenvalue weighted by atomic mass is 32.2. The zero-order valence-electron chi connectivity index (χ0n) is 35.8. The summed E-state index contributed by atoms with van der Waals surface area (Å²) in [6, 6.07) is 49.7. The molecule has 296 valence electrons. The van der Waals surface area contributed by atoms with E-state index in [1.807, 2.05) is 0 Å². The molecular weight excluding hydrogens is 721 g/mol. The zero-order valence-corrected chi connectivity index (χ0v) is 36.6. The lowest BCUT2D eigenvalue weighted by Crippen LogP contribution is -2.23. The Kier molecular flexibility index (Phi) is 11.9. The number of benzene rings is 6. The van der Waals surface area contributed by atoms with Crippen LogP contribution in [0.3, 0.4) is 0 Å². The van der Waals surface area contributed by atoms with Crippen molar-refractivity contribution in [3.05, 3.63) is 140 Å². The Morgan fingerprint density at radius 3 is 1.19 bits per heavy atom. The van der Waals surface area contributed by atoms with Gasteiger partial charge in [0.05, 0.1) is 0 Å². The zero-order chi connectivity index (χ0) is 41.2. The smallest absolute Gasteiger partial charge is 0.175 e. The van der Waals surface area contributed by atoms with Gasteiger partial charge in [0.25, 0.3) is 0 Å². The summed E-state index contributed by atoms with van der Waals surface area (Å²) in [5, 5.41) is 0. The summed E-state index contributed by atoms with van der Waals surface area (Å²) in [7, 11) is -0.524. The highest BCUT2D eigenvalue weighted by Gasteiger charge is 2.35. The highest BCUT2D eigenvalue weighted by Crippen LogP contribution is 2.48. The van der Waals surface area contributed by atoms with Crippen molar-refractivity contribution in [2.24, 2.45) is 0 Å². The van der Waals surface area contributed by atoms with Gasteiger partial charge in [-0.25, -0.2) is 0 Å². The molecule has 0 fully saturated rings. The fraction of sp³-hybridized carbons (Fsp3) is 0.308. The first-order valence-corrected chi connectivity index (χ1v) is 21.1. The van der Waals surface area contributed by atoms with Gasteiger partial charge in [-0.3, -0.25) is 0 Å². The van der Waals surface area contributed by atoms with Crippen LogP contribution in [0.1, 0.15) is 83.1 Å². The molecule has 0 aromatic heterocycles. The Bertz CT molecular complexity index is 2250. The van der Waals surface area contributed by atoms with Crippen molar-refractivity contribution < 1.29 is 18.9 Å². The summed E-state index contributed by atoms with van der Waals surface area (Å²) in [5.74, 6) is 3.35. The highest BCUT2D eigenvalue weighted by molar-refractivity contribution is 7.97. The Hall–Kier alpha value is -5.13. The van der Waals surface area contributed by atoms with Gasteiger partial charge in [0.1, 0.15) is 56.3 Å². The molecule has 0 N–H and O–H groups in total. The molecule has 0 aliphatic carbocycles. The van der Waals surface area contributed by atoms with Crippen LogP contribution in [0.5, 0.6) is 23.0 Å². The average molecular weight is 780 g/mol. The van der Waals surface area contributed by atoms with Crippen LogP contribution < -0.4 is 18.9 Å². The van der Waals surface area contributed by atoms with Gasteiger partial charge in [-0.05, 0) is 178 Å². The maximum atomic E-state index is 6.46. The average Bonchev–Trinajstić information content (AvgIpc) is 3.11. The molecule has 1 unspecified atom stereocenters. The lowest BCUT2D eigenvalue weighted by atomic mass is 9.87. The van der Waals surface area contributed by atoms with Gasteiger partial charge in [0.2, 0.25) is 0 Å². The van der Waals surface area contributed by atoms with E-state index in [1.165, 1.54) is 14.7 Å². The van der Waals surface area contributed by atoms with E-state index in [9.17, 15) is 0 Å². The monoisotopic (exact) mass is 779 g/mol. The van der Waals surface area contributed by atoms with Gasteiger partial charge < -0.3 is 18.9 Å². The van der Waals surface area contributed by atoms with Gasteiger partial charge >= 0.3 is 0 Å². The number of hydrogen-bond donors (Lipinski definition) is 0. The molecule has 6 rings (SSSR count). The van der Waals surface area contributed by atoms with E-state index in [1.54, 1.807) is 0 Å². The molecule has 0 bridgehead atoms. The molecule has 4 nitrogen and oxygen atoms in total. The van der Waals surface area contributed by atoms with Crippen molar-refractivity contribution in [2.75, 3.05) is 0 Å².